The number of imidazole rings is 1. The molecule has 2 aromatic heterocycles. The van der Waals surface area contributed by atoms with Gasteiger partial charge in [0.1, 0.15) is 17.2 Å². The van der Waals surface area contributed by atoms with Crippen molar-refractivity contribution in [2.24, 2.45) is 12.5 Å². The number of benzene rings is 1. The normalized spacial score (nSPS) is 12.9. The zero-order valence-electron chi connectivity index (χ0n) is 16.8. The Morgan fingerprint density at radius 3 is 2.48 bits per heavy atom. The van der Waals surface area contributed by atoms with E-state index in [1.807, 2.05) is 20.8 Å². The Balaban J connectivity index is 1.74. The number of rotatable bonds is 5. The minimum Gasteiger partial charge on any atom is -0.349 e. The second-order valence-corrected chi connectivity index (χ2v) is 8.12. The number of hydrogen-bond acceptors (Lipinski definition) is 4. The number of H-pyrrole nitrogens is 2. The third kappa shape index (κ3) is 4.44. The summed E-state index contributed by atoms with van der Waals surface area (Å²) in [6.45, 7) is 5.98. The van der Waals surface area contributed by atoms with Gasteiger partial charge in [-0.05, 0) is 23.1 Å². The Kier molecular flexibility index (Phi) is 5.41. The van der Waals surface area contributed by atoms with Crippen LogP contribution in [0.3, 0.4) is 0 Å². The number of aromatic amines is 2. The summed E-state index contributed by atoms with van der Waals surface area (Å²) >= 11 is 0. The quantitative estimate of drug-likeness (QED) is 0.606. The largest absolute Gasteiger partial charge is 0.349 e. The van der Waals surface area contributed by atoms with Gasteiger partial charge in [-0.15, -0.1) is 0 Å². The van der Waals surface area contributed by atoms with Gasteiger partial charge in [0, 0.05) is 19.9 Å². The Morgan fingerprint density at radius 1 is 1.21 bits per heavy atom. The highest BCUT2D eigenvalue weighted by Crippen LogP contribution is 2.32. The first-order valence-corrected chi connectivity index (χ1v) is 9.29. The minimum absolute atomic E-state index is 0.138. The van der Waals surface area contributed by atoms with Crippen molar-refractivity contribution in [2.45, 2.75) is 39.7 Å². The summed E-state index contributed by atoms with van der Waals surface area (Å²) in [7, 11) is 1.51. The van der Waals surface area contributed by atoms with Crippen molar-refractivity contribution in [1.82, 2.24) is 24.8 Å². The number of fused-ring (bicyclic) bond motifs is 1. The Hall–Kier alpha value is -3.23. The summed E-state index contributed by atoms with van der Waals surface area (Å²) in [5, 5.41) is 3.00. The maximum atomic E-state index is 13.2. The topological polar surface area (TPSA) is 113 Å². The molecule has 3 aromatic rings. The Morgan fingerprint density at radius 2 is 1.86 bits per heavy atom. The summed E-state index contributed by atoms with van der Waals surface area (Å²) in [5.41, 5.74) is -0.119. The van der Waals surface area contributed by atoms with E-state index in [-0.39, 0.29) is 47.2 Å². The van der Waals surface area contributed by atoms with Crippen LogP contribution < -0.4 is 16.6 Å². The Labute approximate surface area is 166 Å². The highest BCUT2D eigenvalue weighted by molar-refractivity contribution is 5.77. The molecule has 8 nitrogen and oxygen atoms in total. The molecule has 0 aliphatic rings. The van der Waals surface area contributed by atoms with Gasteiger partial charge in [0.15, 0.2) is 5.65 Å². The molecule has 1 amide bonds. The zero-order valence-corrected chi connectivity index (χ0v) is 16.8. The molecule has 1 aromatic carbocycles. The number of carbonyl (C=O) groups excluding carboxylic acids is 1. The van der Waals surface area contributed by atoms with Crippen LogP contribution in [0.2, 0.25) is 0 Å². The lowest BCUT2D eigenvalue weighted by Gasteiger charge is -2.32. The average Bonchev–Trinajstić information content (AvgIpc) is 3.08. The molecule has 2 heterocycles. The molecule has 1 atom stereocenters. The number of amides is 1. The maximum absolute atomic E-state index is 13.2. The van der Waals surface area contributed by atoms with Crippen LogP contribution in [-0.4, -0.2) is 25.4 Å². The molecule has 0 aliphatic carbocycles. The van der Waals surface area contributed by atoms with Crippen LogP contribution >= 0.6 is 0 Å². The first-order chi connectivity index (χ1) is 13.6. The summed E-state index contributed by atoms with van der Waals surface area (Å²) in [5.74, 6) is -0.0875. The second-order valence-electron chi connectivity index (χ2n) is 8.12. The van der Waals surface area contributed by atoms with Crippen molar-refractivity contribution >= 4 is 17.1 Å². The molecule has 3 rings (SSSR count). The maximum Gasteiger partial charge on any atom is 0.329 e. The number of halogens is 1. The van der Waals surface area contributed by atoms with Crippen LogP contribution in [0, 0.1) is 11.2 Å². The van der Waals surface area contributed by atoms with Crippen LogP contribution in [0.25, 0.3) is 11.2 Å². The molecule has 1 unspecified atom stereocenters. The molecular weight excluding hydrogens is 377 g/mol. The highest BCUT2D eigenvalue weighted by atomic mass is 19.1. The van der Waals surface area contributed by atoms with Gasteiger partial charge in [-0.1, -0.05) is 32.9 Å². The van der Waals surface area contributed by atoms with Gasteiger partial charge in [-0.2, -0.15) is 0 Å². The molecule has 0 fully saturated rings. The van der Waals surface area contributed by atoms with Crippen molar-refractivity contribution in [3.05, 3.63) is 62.3 Å². The van der Waals surface area contributed by atoms with E-state index in [0.717, 1.165) is 5.56 Å². The van der Waals surface area contributed by atoms with E-state index in [2.05, 4.69) is 20.3 Å². The van der Waals surface area contributed by atoms with Crippen LogP contribution in [0.4, 0.5) is 4.39 Å². The van der Waals surface area contributed by atoms with Crippen molar-refractivity contribution in [1.29, 1.82) is 0 Å². The molecule has 0 saturated carbocycles. The summed E-state index contributed by atoms with van der Waals surface area (Å²) in [6, 6.07) is 5.78. The average molecular weight is 401 g/mol. The molecule has 154 valence electrons. The number of carbonyl (C=O) groups is 1. The van der Waals surface area contributed by atoms with E-state index >= 15 is 0 Å². The molecule has 3 N–H and O–H groups in total. The molecular formula is C20H24FN5O3. The van der Waals surface area contributed by atoms with E-state index in [9.17, 15) is 18.8 Å². The number of nitrogens with zero attached hydrogens (tertiary/aromatic N) is 2. The van der Waals surface area contributed by atoms with E-state index in [4.69, 9.17) is 0 Å². The van der Waals surface area contributed by atoms with Crippen LogP contribution in [0.15, 0.2) is 33.9 Å². The number of hydrogen-bond donors (Lipinski definition) is 3. The minimum atomic E-state index is -0.550. The summed E-state index contributed by atoms with van der Waals surface area (Å²) < 4.78 is 14.5. The van der Waals surface area contributed by atoms with E-state index < -0.39 is 11.2 Å². The fourth-order valence-corrected chi connectivity index (χ4v) is 3.19. The summed E-state index contributed by atoms with van der Waals surface area (Å²) in [6.07, 6.45) is 0.411. The molecule has 0 bridgehead atoms. The SMILES string of the molecule is Cn1c(=O)[nH]c(=O)c2[nH]c(CCC(=O)NC(c3ccc(F)cc3)C(C)(C)C)nc21. The van der Waals surface area contributed by atoms with Gasteiger partial charge in [0.2, 0.25) is 5.91 Å². The predicted octanol–water partition coefficient (Wildman–Crippen LogP) is 1.93. The van der Waals surface area contributed by atoms with Gasteiger partial charge in [-0.25, -0.2) is 14.2 Å². The molecule has 0 spiro atoms. The lowest BCUT2D eigenvalue weighted by atomic mass is 9.82. The fourth-order valence-electron chi connectivity index (χ4n) is 3.19. The van der Waals surface area contributed by atoms with Crippen molar-refractivity contribution in [3.63, 3.8) is 0 Å². The molecule has 0 radical (unpaired) electrons. The van der Waals surface area contributed by atoms with Crippen molar-refractivity contribution in [2.75, 3.05) is 0 Å². The monoisotopic (exact) mass is 401 g/mol. The van der Waals surface area contributed by atoms with Gasteiger partial charge in [0.05, 0.1) is 6.04 Å². The van der Waals surface area contributed by atoms with E-state index in [1.165, 1.54) is 23.7 Å². The molecule has 0 saturated heterocycles. The third-order valence-electron chi connectivity index (χ3n) is 4.77. The lowest BCUT2D eigenvalue weighted by molar-refractivity contribution is -0.122. The Bertz CT molecular complexity index is 1150. The lowest BCUT2D eigenvalue weighted by Crippen LogP contribution is -2.36. The highest BCUT2D eigenvalue weighted by Gasteiger charge is 2.28. The molecule has 29 heavy (non-hydrogen) atoms. The zero-order chi connectivity index (χ0) is 21.3. The van der Waals surface area contributed by atoms with E-state index in [1.54, 1.807) is 12.1 Å². The smallest absolute Gasteiger partial charge is 0.329 e. The number of nitrogens with one attached hydrogen (secondary N) is 3. The molecule has 9 heteroatoms. The first-order valence-electron chi connectivity index (χ1n) is 9.29. The van der Waals surface area contributed by atoms with Crippen LogP contribution in [0.5, 0.6) is 0 Å². The standard InChI is InChI=1S/C20H24FN5O3/c1-20(2,3)16(11-5-7-12(21)8-6-11)24-14(27)10-9-13-22-15-17(23-13)26(4)19(29)25-18(15)28/h5-8,16H,9-10H2,1-4H3,(H,22,23)(H,24,27)(H,25,28,29). The van der Waals surface area contributed by atoms with Gasteiger partial charge in [-0.3, -0.25) is 19.1 Å². The summed E-state index contributed by atoms with van der Waals surface area (Å²) in [4.78, 5) is 45.5. The molecule has 0 aliphatic heterocycles. The number of aryl methyl sites for hydroxylation is 2. The van der Waals surface area contributed by atoms with Gasteiger partial charge in [0.25, 0.3) is 5.56 Å². The van der Waals surface area contributed by atoms with Gasteiger partial charge < -0.3 is 10.3 Å². The second kappa shape index (κ2) is 7.65. The third-order valence-corrected chi connectivity index (χ3v) is 4.77. The fraction of sp³-hybridized carbons (Fsp3) is 0.400. The number of aromatic nitrogens is 4. The van der Waals surface area contributed by atoms with Crippen molar-refractivity contribution < 1.29 is 9.18 Å². The van der Waals surface area contributed by atoms with Crippen LogP contribution in [-0.2, 0) is 18.3 Å². The first kappa shape index (κ1) is 20.5. The van der Waals surface area contributed by atoms with E-state index in [0.29, 0.717) is 5.82 Å². The van der Waals surface area contributed by atoms with Crippen molar-refractivity contribution in [3.8, 4) is 0 Å². The van der Waals surface area contributed by atoms with Gasteiger partial charge >= 0.3 is 5.69 Å². The van der Waals surface area contributed by atoms with Crippen LogP contribution in [0.1, 0.15) is 44.6 Å². The predicted molar refractivity (Wildman–Crippen MR) is 107 cm³/mol.